The minimum Gasteiger partial charge on any atom is -0.399 e. The number of nitrogens with zero attached hydrogens (tertiary/aromatic N) is 1. The Morgan fingerprint density at radius 2 is 1.82 bits per heavy atom. The second-order valence-electron chi connectivity index (χ2n) is 4.85. The van der Waals surface area contributed by atoms with Crippen LogP contribution >= 0.6 is 11.6 Å². The number of anilines is 1. The van der Waals surface area contributed by atoms with Crippen molar-refractivity contribution in [2.45, 2.75) is 5.75 Å². The van der Waals surface area contributed by atoms with Gasteiger partial charge in [-0.1, -0.05) is 23.7 Å². The van der Waals surface area contributed by atoms with Crippen molar-refractivity contribution in [2.75, 3.05) is 5.73 Å². The first-order chi connectivity index (χ1) is 10.4. The predicted octanol–water partition coefficient (Wildman–Crippen LogP) is 1.94. The van der Waals surface area contributed by atoms with Crippen LogP contribution in [0, 0.1) is 0 Å². The van der Waals surface area contributed by atoms with Gasteiger partial charge in [-0.3, -0.25) is 0 Å². The highest BCUT2D eigenvalue weighted by molar-refractivity contribution is 7.89. The number of H-pyrrole nitrogens is 1. The largest absolute Gasteiger partial charge is 0.399 e. The summed E-state index contributed by atoms with van der Waals surface area (Å²) < 4.78 is 25.9. The molecule has 22 heavy (non-hydrogen) atoms. The predicted molar refractivity (Wildman–Crippen MR) is 86.4 cm³/mol. The topological polar surface area (TPSA) is 97.9 Å². The van der Waals surface area contributed by atoms with Gasteiger partial charge in [0.05, 0.1) is 16.8 Å². The molecule has 0 fully saturated rings. The lowest BCUT2D eigenvalue weighted by Gasteiger charge is -2.06. The summed E-state index contributed by atoms with van der Waals surface area (Å²) in [6.07, 6.45) is 0. The van der Waals surface area contributed by atoms with E-state index in [0.29, 0.717) is 21.8 Å². The van der Waals surface area contributed by atoms with Gasteiger partial charge in [0.15, 0.2) is 0 Å². The van der Waals surface area contributed by atoms with Crippen LogP contribution in [0.5, 0.6) is 0 Å². The smallest absolute Gasteiger partial charge is 0.340 e. The maximum atomic E-state index is 12.6. The SMILES string of the molecule is Nc1ccc2[nH]c(=O)n(S(=O)(=O)Cc3ccc(Cl)cc3)c2c1. The van der Waals surface area contributed by atoms with Crippen LogP contribution in [0.3, 0.4) is 0 Å². The fourth-order valence-electron chi connectivity index (χ4n) is 2.23. The van der Waals surface area contributed by atoms with Crippen LogP contribution in [0.1, 0.15) is 5.56 Å². The molecule has 3 aromatic rings. The maximum Gasteiger partial charge on any atom is 0.340 e. The van der Waals surface area contributed by atoms with Gasteiger partial charge in [-0.05, 0) is 35.9 Å². The van der Waals surface area contributed by atoms with Crippen molar-refractivity contribution in [1.29, 1.82) is 0 Å². The van der Waals surface area contributed by atoms with Crippen molar-refractivity contribution in [3.63, 3.8) is 0 Å². The lowest BCUT2D eigenvalue weighted by molar-refractivity contribution is 0.586. The van der Waals surface area contributed by atoms with Crippen molar-refractivity contribution in [2.24, 2.45) is 0 Å². The number of aromatic nitrogens is 2. The lowest BCUT2D eigenvalue weighted by atomic mass is 10.2. The first kappa shape index (κ1) is 14.7. The van der Waals surface area contributed by atoms with Crippen LogP contribution in [-0.4, -0.2) is 17.4 Å². The maximum absolute atomic E-state index is 12.6. The summed E-state index contributed by atoms with van der Waals surface area (Å²) in [5.74, 6) is -0.314. The first-order valence-electron chi connectivity index (χ1n) is 6.35. The third kappa shape index (κ3) is 2.60. The van der Waals surface area contributed by atoms with Gasteiger partial charge in [-0.15, -0.1) is 0 Å². The van der Waals surface area contributed by atoms with Crippen LogP contribution in [0.25, 0.3) is 11.0 Å². The molecule has 2 aromatic carbocycles. The summed E-state index contributed by atoms with van der Waals surface area (Å²) >= 11 is 5.78. The number of nitrogens with one attached hydrogen (secondary N) is 1. The molecule has 0 spiro atoms. The molecular weight excluding hydrogens is 326 g/mol. The molecule has 3 rings (SSSR count). The molecule has 3 N–H and O–H groups in total. The van der Waals surface area contributed by atoms with Crippen LogP contribution < -0.4 is 11.4 Å². The van der Waals surface area contributed by atoms with Gasteiger partial charge in [0.2, 0.25) is 10.0 Å². The van der Waals surface area contributed by atoms with E-state index in [1.807, 2.05) is 0 Å². The minimum absolute atomic E-state index is 0.235. The summed E-state index contributed by atoms with van der Waals surface area (Å²) in [6, 6.07) is 11.0. The zero-order chi connectivity index (χ0) is 15.9. The summed E-state index contributed by atoms with van der Waals surface area (Å²) in [5, 5.41) is 0.512. The number of benzene rings is 2. The van der Waals surface area contributed by atoms with Crippen LogP contribution in [0.4, 0.5) is 5.69 Å². The zero-order valence-electron chi connectivity index (χ0n) is 11.3. The van der Waals surface area contributed by atoms with Gasteiger partial charge in [0.25, 0.3) is 0 Å². The Morgan fingerprint density at radius 1 is 1.14 bits per heavy atom. The van der Waals surface area contributed by atoms with E-state index in [2.05, 4.69) is 4.98 Å². The summed E-state index contributed by atoms with van der Waals surface area (Å²) in [7, 11) is -3.88. The Labute approximate surface area is 131 Å². The first-order valence-corrected chi connectivity index (χ1v) is 8.33. The molecule has 6 nitrogen and oxygen atoms in total. The van der Waals surface area contributed by atoms with Crippen molar-refractivity contribution >= 4 is 38.3 Å². The van der Waals surface area contributed by atoms with Crippen LogP contribution in [0.15, 0.2) is 47.3 Å². The number of aromatic amines is 1. The average Bonchev–Trinajstić information content (AvgIpc) is 2.77. The lowest BCUT2D eigenvalue weighted by Crippen LogP contribution is -2.26. The highest BCUT2D eigenvalue weighted by atomic mass is 35.5. The fraction of sp³-hybridized carbons (Fsp3) is 0.0714. The van der Waals surface area contributed by atoms with E-state index >= 15 is 0 Å². The van der Waals surface area contributed by atoms with Crippen molar-refractivity contribution < 1.29 is 8.42 Å². The van der Waals surface area contributed by atoms with Crippen LogP contribution in [0.2, 0.25) is 5.02 Å². The fourth-order valence-corrected chi connectivity index (χ4v) is 3.85. The van der Waals surface area contributed by atoms with Crippen molar-refractivity contribution in [3.05, 3.63) is 63.5 Å². The number of nitrogen functional groups attached to an aromatic ring is 1. The third-order valence-electron chi connectivity index (χ3n) is 3.21. The minimum atomic E-state index is -3.88. The van der Waals surface area contributed by atoms with Gasteiger partial charge in [-0.2, -0.15) is 3.97 Å². The number of fused-ring (bicyclic) bond motifs is 1. The molecule has 0 bridgehead atoms. The molecule has 0 saturated carbocycles. The quantitative estimate of drug-likeness (QED) is 0.713. The molecule has 114 valence electrons. The summed E-state index contributed by atoms with van der Waals surface area (Å²) in [6.45, 7) is 0. The number of hydrogen-bond donors (Lipinski definition) is 2. The van der Waals surface area contributed by atoms with Gasteiger partial charge >= 0.3 is 5.69 Å². The van der Waals surface area contributed by atoms with Gasteiger partial charge in [0.1, 0.15) is 0 Å². The van der Waals surface area contributed by atoms with E-state index < -0.39 is 15.7 Å². The molecule has 0 amide bonds. The number of hydrogen-bond acceptors (Lipinski definition) is 4. The Bertz CT molecular complexity index is 1000. The van der Waals surface area contributed by atoms with E-state index in [0.717, 1.165) is 3.97 Å². The molecule has 0 atom stereocenters. The van der Waals surface area contributed by atoms with E-state index in [1.54, 1.807) is 36.4 Å². The third-order valence-corrected chi connectivity index (χ3v) is 5.08. The summed E-state index contributed by atoms with van der Waals surface area (Å²) in [4.78, 5) is 14.5. The molecule has 0 aliphatic heterocycles. The standard InChI is InChI=1S/C14H12ClN3O3S/c15-10-3-1-9(2-4-10)8-22(20,21)18-13-7-11(16)5-6-12(13)17-14(18)19/h1-7H,8,16H2,(H,17,19). The van der Waals surface area contributed by atoms with Gasteiger partial charge in [0, 0.05) is 10.7 Å². The molecule has 0 radical (unpaired) electrons. The van der Waals surface area contributed by atoms with E-state index in [9.17, 15) is 13.2 Å². The van der Waals surface area contributed by atoms with Gasteiger partial charge in [-0.25, -0.2) is 13.2 Å². The number of imidazole rings is 1. The number of halogens is 1. The molecule has 0 saturated heterocycles. The molecule has 0 aliphatic rings. The Hall–Kier alpha value is -2.25. The Morgan fingerprint density at radius 3 is 2.50 bits per heavy atom. The molecule has 0 aliphatic carbocycles. The highest BCUT2D eigenvalue weighted by Gasteiger charge is 2.21. The number of rotatable bonds is 3. The highest BCUT2D eigenvalue weighted by Crippen LogP contribution is 2.18. The Kier molecular flexibility index (Phi) is 3.46. The van der Waals surface area contributed by atoms with Crippen molar-refractivity contribution in [3.8, 4) is 0 Å². The average molecular weight is 338 g/mol. The molecule has 1 heterocycles. The van der Waals surface area contributed by atoms with E-state index in [4.69, 9.17) is 17.3 Å². The monoisotopic (exact) mass is 337 g/mol. The second kappa shape index (κ2) is 5.19. The number of nitrogens with two attached hydrogens (primary N) is 1. The Balaban J connectivity index is 2.13. The molecule has 0 unspecified atom stereocenters. The summed E-state index contributed by atoms with van der Waals surface area (Å²) in [5.41, 5.74) is 6.53. The van der Waals surface area contributed by atoms with E-state index in [-0.39, 0.29) is 11.3 Å². The molecule has 1 aromatic heterocycles. The zero-order valence-corrected chi connectivity index (χ0v) is 12.9. The molecule has 8 heteroatoms. The van der Waals surface area contributed by atoms with Gasteiger partial charge < -0.3 is 10.7 Å². The van der Waals surface area contributed by atoms with E-state index in [1.165, 1.54) is 6.07 Å². The van der Waals surface area contributed by atoms with Crippen molar-refractivity contribution in [1.82, 2.24) is 8.96 Å². The second-order valence-corrected chi connectivity index (χ2v) is 7.11. The van der Waals surface area contributed by atoms with Crippen LogP contribution in [-0.2, 0) is 15.8 Å². The normalized spacial score (nSPS) is 11.9. The molecular formula is C14H12ClN3O3S.